The molecule has 1 unspecified atom stereocenters. The maximum atomic E-state index is 10.7. The molecule has 23 heavy (non-hydrogen) atoms. The summed E-state index contributed by atoms with van der Waals surface area (Å²) in [6.45, 7) is 3.57. The Morgan fingerprint density at radius 2 is 2.04 bits per heavy atom. The van der Waals surface area contributed by atoms with Gasteiger partial charge in [-0.05, 0) is 24.8 Å². The highest BCUT2D eigenvalue weighted by Gasteiger charge is 2.48. The summed E-state index contributed by atoms with van der Waals surface area (Å²) in [5, 5.41) is 19.3. The summed E-state index contributed by atoms with van der Waals surface area (Å²) >= 11 is 6.33. The lowest BCUT2D eigenvalue weighted by molar-refractivity contribution is 0.0917. The molecule has 4 nitrogen and oxygen atoms in total. The third-order valence-corrected chi connectivity index (χ3v) is 5.33. The second kappa shape index (κ2) is 6.63. The van der Waals surface area contributed by atoms with Crippen molar-refractivity contribution >= 4 is 11.6 Å². The minimum Gasteiger partial charge on any atom is -0.388 e. The van der Waals surface area contributed by atoms with Crippen molar-refractivity contribution in [1.82, 2.24) is 15.1 Å². The fourth-order valence-corrected chi connectivity index (χ4v) is 3.41. The van der Waals surface area contributed by atoms with Gasteiger partial charge in [-0.3, -0.25) is 4.68 Å². The number of halogens is 1. The Kier molecular flexibility index (Phi) is 4.76. The van der Waals surface area contributed by atoms with Crippen LogP contribution in [0.2, 0.25) is 5.15 Å². The molecule has 1 aliphatic rings. The van der Waals surface area contributed by atoms with Crippen molar-refractivity contribution in [2.24, 2.45) is 12.5 Å². The summed E-state index contributed by atoms with van der Waals surface area (Å²) < 4.78 is 1.73. The molecule has 1 aliphatic carbocycles. The van der Waals surface area contributed by atoms with E-state index in [1.54, 1.807) is 4.68 Å². The van der Waals surface area contributed by atoms with E-state index in [1.807, 2.05) is 37.4 Å². The zero-order valence-corrected chi connectivity index (χ0v) is 14.5. The van der Waals surface area contributed by atoms with E-state index < -0.39 is 6.10 Å². The van der Waals surface area contributed by atoms with Crippen molar-refractivity contribution in [3.8, 4) is 0 Å². The monoisotopic (exact) mass is 333 g/mol. The highest BCUT2D eigenvalue weighted by atomic mass is 35.5. The van der Waals surface area contributed by atoms with Gasteiger partial charge in [0.25, 0.3) is 0 Å². The van der Waals surface area contributed by atoms with Crippen molar-refractivity contribution in [1.29, 1.82) is 0 Å². The number of aliphatic hydroxyl groups is 1. The van der Waals surface area contributed by atoms with E-state index >= 15 is 0 Å². The van der Waals surface area contributed by atoms with Crippen molar-refractivity contribution in [2.45, 2.75) is 38.8 Å². The fourth-order valence-electron chi connectivity index (χ4n) is 3.19. The molecular formula is C18H24ClN3O. The Hall–Kier alpha value is -1.36. The molecule has 0 bridgehead atoms. The van der Waals surface area contributed by atoms with Crippen LogP contribution in [-0.4, -0.2) is 21.4 Å². The zero-order valence-electron chi connectivity index (χ0n) is 13.7. The van der Waals surface area contributed by atoms with E-state index in [2.05, 4.69) is 17.3 Å². The average Bonchev–Trinajstić information content (AvgIpc) is 3.32. The quantitative estimate of drug-likeness (QED) is 0.817. The Labute approximate surface area is 142 Å². The Morgan fingerprint density at radius 1 is 1.35 bits per heavy atom. The van der Waals surface area contributed by atoms with E-state index in [0.29, 0.717) is 11.7 Å². The number of hydrogen-bond acceptors (Lipinski definition) is 3. The number of rotatable bonds is 7. The number of nitrogens with zero attached hydrogens (tertiary/aromatic N) is 2. The van der Waals surface area contributed by atoms with Crippen LogP contribution in [0.15, 0.2) is 30.3 Å². The van der Waals surface area contributed by atoms with Crippen LogP contribution >= 0.6 is 11.6 Å². The molecule has 5 heteroatoms. The lowest BCUT2D eigenvalue weighted by Crippen LogP contribution is -2.28. The maximum Gasteiger partial charge on any atom is 0.131 e. The minimum absolute atomic E-state index is 0.0393. The molecule has 0 saturated heterocycles. The second-order valence-electron chi connectivity index (χ2n) is 6.47. The second-order valence-corrected chi connectivity index (χ2v) is 6.83. The Balaban J connectivity index is 1.63. The van der Waals surface area contributed by atoms with Crippen LogP contribution in [0.1, 0.15) is 42.7 Å². The smallest absolute Gasteiger partial charge is 0.131 e. The zero-order chi connectivity index (χ0) is 16.4. The molecule has 0 amide bonds. The molecule has 1 heterocycles. The lowest BCUT2D eigenvalue weighted by Gasteiger charge is -2.23. The molecule has 1 aromatic carbocycles. The summed E-state index contributed by atoms with van der Waals surface area (Å²) in [5.74, 6) is 0. The summed E-state index contributed by atoms with van der Waals surface area (Å²) in [5.41, 5.74) is 3.07. The largest absolute Gasteiger partial charge is 0.388 e. The standard InChI is InChI=1S/C18H24ClN3O/c1-3-15-14(17(19)22(2)21-15)11-20-12-18(9-10-18)16(23)13-7-5-4-6-8-13/h4-8,16,20,23H,3,9-12H2,1-2H3. The SMILES string of the molecule is CCc1nn(C)c(Cl)c1CNCC1(C(O)c2ccccc2)CC1. The molecule has 124 valence electrons. The van der Waals surface area contributed by atoms with Gasteiger partial charge in [-0.1, -0.05) is 48.9 Å². The first-order chi connectivity index (χ1) is 11.1. The van der Waals surface area contributed by atoms with Gasteiger partial charge in [-0.25, -0.2) is 0 Å². The van der Waals surface area contributed by atoms with Gasteiger partial charge in [-0.15, -0.1) is 0 Å². The molecule has 2 N–H and O–H groups in total. The van der Waals surface area contributed by atoms with Gasteiger partial charge in [0.1, 0.15) is 5.15 Å². The Bertz CT molecular complexity index is 664. The van der Waals surface area contributed by atoms with Crippen molar-refractivity contribution in [2.75, 3.05) is 6.54 Å². The number of aromatic nitrogens is 2. The lowest BCUT2D eigenvalue weighted by atomic mass is 9.92. The third kappa shape index (κ3) is 3.30. The number of aliphatic hydroxyl groups excluding tert-OH is 1. The fraction of sp³-hybridized carbons (Fsp3) is 0.500. The molecule has 0 aliphatic heterocycles. The van der Waals surface area contributed by atoms with Crippen LogP contribution in [0.5, 0.6) is 0 Å². The number of hydrogen-bond donors (Lipinski definition) is 2. The molecule has 2 aromatic rings. The number of benzene rings is 1. The van der Waals surface area contributed by atoms with E-state index in [4.69, 9.17) is 11.6 Å². The predicted molar refractivity (Wildman–Crippen MR) is 92.4 cm³/mol. The van der Waals surface area contributed by atoms with Gasteiger partial charge in [-0.2, -0.15) is 5.10 Å². The highest BCUT2D eigenvalue weighted by Crippen LogP contribution is 2.54. The number of aryl methyl sites for hydroxylation is 2. The molecule has 1 aromatic heterocycles. The first kappa shape index (κ1) is 16.5. The first-order valence-corrected chi connectivity index (χ1v) is 8.59. The van der Waals surface area contributed by atoms with Gasteiger partial charge < -0.3 is 10.4 Å². The molecule has 0 radical (unpaired) electrons. The summed E-state index contributed by atoms with van der Waals surface area (Å²) in [6, 6.07) is 9.93. The molecule has 1 saturated carbocycles. The minimum atomic E-state index is -0.411. The van der Waals surface area contributed by atoms with Crippen molar-refractivity contribution < 1.29 is 5.11 Å². The number of nitrogens with one attached hydrogen (secondary N) is 1. The van der Waals surface area contributed by atoms with Crippen molar-refractivity contribution in [3.63, 3.8) is 0 Å². The summed E-state index contributed by atoms with van der Waals surface area (Å²) in [7, 11) is 1.87. The van der Waals surface area contributed by atoms with Crippen molar-refractivity contribution in [3.05, 3.63) is 52.3 Å². The van der Waals surface area contributed by atoms with Crippen LogP contribution in [-0.2, 0) is 20.0 Å². The Morgan fingerprint density at radius 3 is 2.65 bits per heavy atom. The van der Waals surface area contributed by atoms with Gasteiger partial charge in [0.2, 0.25) is 0 Å². The average molecular weight is 334 g/mol. The first-order valence-electron chi connectivity index (χ1n) is 8.21. The van der Waals surface area contributed by atoms with Gasteiger partial charge in [0.05, 0.1) is 11.8 Å². The van der Waals surface area contributed by atoms with Gasteiger partial charge >= 0.3 is 0 Å². The summed E-state index contributed by atoms with van der Waals surface area (Å²) in [6.07, 6.45) is 2.57. The third-order valence-electron chi connectivity index (χ3n) is 4.85. The van der Waals surface area contributed by atoms with Crippen LogP contribution in [0.25, 0.3) is 0 Å². The van der Waals surface area contributed by atoms with Crippen LogP contribution < -0.4 is 5.32 Å². The van der Waals surface area contributed by atoms with E-state index in [9.17, 15) is 5.11 Å². The maximum absolute atomic E-state index is 10.7. The van der Waals surface area contributed by atoms with Crippen LogP contribution in [0.4, 0.5) is 0 Å². The molecule has 0 spiro atoms. The van der Waals surface area contributed by atoms with E-state index in [-0.39, 0.29) is 5.41 Å². The topological polar surface area (TPSA) is 50.1 Å². The van der Waals surface area contributed by atoms with Crippen LogP contribution in [0.3, 0.4) is 0 Å². The molecular weight excluding hydrogens is 310 g/mol. The van der Waals surface area contributed by atoms with E-state index in [0.717, 1.165) is 42.6 Å². The highest BCUT2D eigenvalue weighted by molar-refractivity contribution is 6.30. The summed E-state index contributed by atoms with van der Waals surface area (Å²) in [4.78, 5) is 0. The molecule has 3 rings (SSSR count). The molecule has 1 fully saturated rings. The normalized spacial score (nSPS) is 17.2. The van der Waals surface area contributed by atoms with E-state index in [1.165, 1.54) is 0 Å². The predicted octanol–water partition coefficient (Wildman–Crippen LogP) is 3.24. The van der Waals surface area contributed by atoms with Gasteiger partial charge in [0.15, 0.2) is 0 Å². The van der Waals surface area contributed by atoms with Crippen LogP contribution in [0, 0.1) is 5.41 Å². The van der Waals surface area contributed by atoms with Gasteiger partial charge in [0, 0.05) is 31.1 Å². The molecule has 1 atom stereocenters.